The third-order valence-electron chi connectivity index (χ3n) is 4.57. The van der Waals surface area contributed by atoms with Crippen molar-refractivity contribution < 1.29 is 24.0 Å². The minimum atomic E-state index is -0.534. The number of ether oxygens (including phenoxy) is 2. The number of carbonyl (C=O) groups excluding carboxylic acids is 2. The number of fused-ring (bicyclic) bond motifs is 2. The molecular weight excluding hydrogens is 340 g/mol. The number of nitro benzene ring substituents is 1. The monoisotopic (exact) mass is 354 g/mol. The lowest BCUT2D eigenvalue weighted by molar-refractivity contribution is -0.384. The van der Waals surface area contributed by atoms with Gasteiger partial charge in [-0.3, -0.25) is 19.7 Å². The number of non-ortho nitro benzene ring substituents is 1. The van der Waals surface area contributed by atoms with Crippen molar-refractivity contribution in [3.8, 4) is 11.5 Å². The van der Waals surface area contributed by atoms with Crippen LogP contribution in [0.5, 0.6) is 11.5 Å². The Hall–Kier alpha value is -3.42. The van der Waals surface area contributed by atoms with Crippen LogP contribution in [0.1, 0.15) is 35.3 Å². The minimum absolute atomic E-state index is 0.0472. The molecule has 0 spiro atoms. The fraction of sp³-hybridized carbons (Fsp3) is 0.222. The molecule has 2 aliphatic heterocycles. The molecule has 0 N–H and O–H groups in total. The fourth-order valence-corrected chi connectivity index (χ4v) is 3.37. The van der Waals surface area contributed by atoms with Crippen LogP contribution < -0.4 is 14.4 Å². The van der Waals surface area contributed by atoms with Crippen molar-refractivity contribution in [3.63, 3.8) is 0 Å². The largest absolute Gasteiger partial charge is 0.454 e. The van der Waals surface area contributed by atoms with Crippen molar-refractivity contribution in [1.82, 2.24) is 0 Å². The van der Waals surface area contributed by atoms with E-state index >= 15 is 0 Å². The maximum absolute atomic E-state index is 12.7. The van der Waals surface area contributed by atoms with Gasteiger partial charge >= 0.3 is 0 Å². The molecule has 26 heavy (non-hydrogen) atoms. The quantitative estimate of drug-likeness (QED) is 0.607. The van der Waals surface area contributed by atoms with Crippen molar-refractivity contribution in [2.75, 3.05) is 11.7 Å². The first kappa shape index (κ1) is 16.1. The highest BCUT2D eigenvalue weighted by atomic mass is 16.7. The van der Waals surface area contributed by atoms with Crippen molar-refractivity contribution >= 4 is 23.1 Å². The molecule has 0 bridgehead atoms. The summed E-state index contributed by atoms with van der Waals surface area (Å²) in [7, 11) is 0. The van der Waals surface area contributed by atoms with Crippen molar-refractivity contribution in [2.24, 2.45) is 0 Å². The molecule has 2 heterocycles. The number of ketones is 1. The molecule has 0 fully saturated rings. The van der Waals surface area contributed by atoms with E-state index in [9.17, 15) is 19.7 Å². The molecule has 2 aliphatic rings. The van der Waals surface area contributed by atoms with Crippen LogP contribution in [-0.2, 0) is 4.79 Å². The zero-order valence-corrected chi connectivity index (χ0v) is 13.8. The second-order valence-electron chi connectivity index (χ2n) is 6.10. The van der Waals surface area contributed by atoms with Gasteiger partial charge in [0, 0.05) is 37.1 Å². The van der Waals surface area contributed by atoms with E-state index in [1.807, 2.05) is 0 Å². The summed E-state index contributed by atoms with van der Waals surface area (Å²) in [6.07, 6.45) is 0.0873. The van der Waals surface area contributed by atoms with E-state index in [-0.39, 0.29) is 30.6 Å². The third-order valence-corrected chi connectivity index (χ3v) is 4.57. The molecule has 0 saturated carbocycles. The Bertz CT molecular complexity index is 937. The summed E-state index contributed by atoms with van der Waals surface area (Å²) in [4.78, 5) is 36.9. The number of amides is 1. The Morgan fingerprint density at radius 2 is 1.85 bits per heavy atom. The first-order chi connectivity index (χ1) is 12.5. The molecule has 0 unspecified atom stereocenters. The highest BCUT2D eigenvalue weighted by Gasteiger charge is 2.36. The van der Waals surface area contributed by atoms with Gasteiger partial charge in [-0.25, -0.2) is 0 Å². The second-order valence-corrected chi connectivity index (χ2v) is 6.10. The molecule has 0 saturated heterocycles. The summed E-state index contributed by atoms with van der Waals surface area (Å²) in [6.45, 7) is 1.49. The van der Waals surface area contributed by atoms with Gasteiger partial charge in [0.15, 0.2) is 17.3 Å². The van der Waals surface area contributed by atoms with E-state index in [0.29, 0.717) is 28.3 Å². The lowest BCUT2D eigenvalue weighted by atomic mass is 9.89. The average molecular weight is 354 g/mol. The standard InChI is InChI=1S/C18H14N2O6/c1-10(21)19-14(11-2-4-12(5-3-11)20(23)24)7-16(22)13-6-17-18(8-15(13)19)26-9-25-17/h2-6,8,14H,7,9H2,1H3/t14-/m0/s1. The van der Waals surface area contributed by atoms with E-state index in [2.05, 4.69) is 0 Å². The summed E-state index contributed by atoms with van der Waals surface area (Å²) in [5.41, 5.74) is 1.47. The average Bonchev–Trinajstić information content (AvgIpc) is 3.07. The Labute approximate surface area is 148 Å². The minimum Gasteiger partial charge on any atom is -0.454 e. The molecule has 4 rings (SSSR count). The predicted molar refractivity (Wildman–Crippen MR) is 90.5 cm³/mol. The predicted octanol–water partition coefficient (Wildman–Crippen LogP) is 3.00. The zero-order valence-electron chi connectivity index (χ0n) is 13.8. The number of hydrogen-bond acceptors (Lipinski definition) is 6. The number of rotatable bonds is 2. The highest BCUT2D eigenvalue weighted by Crippen LogP contribution is 2.45. The van der Waals surface area contributed by atoms with Crippen LogP contribution in [0.3, 0.4) is 0 Å². The van der Waals surface area contributed by atoms with Gasteiger partial charge in [0.2, 0.25) is 12.7 Å². The molecule has 8 heteroatoms. The number of nitro groups is 1. The molecular formula is C18H14N2O6. The van der Waals surface area contributed by atoms with E-state index < -0.39 is 11.0 Å². The van der Waals surface area contributed by atoms with E-state index in [1.165, 1.54) is 24.0 Å². The van der Waals surface area contributed by atoms with Gasteiger partial charge in [0.1, 0.15) is 0 Å². The molecule has 0 aliphatic carbocycles. The van der Waals surface area contributed by atoms with E-state index in [0.717, 1.165) is 0 Å². The molecule has 2 aromatic carbocycles. The number of benzene rings is 2. The van der Waals surface area contributed by atoms with Gasteiger partial charge in [-0.15, -0.1) is 0 Å². The fourth-order valence-electron chi connectivity index (χ4n) is 3.37. The number of nitrogens with zero attached hydrogens (tertiary/aromatic N) is 2. The topological polar surface area (TPSA) is 99.0 Å². The number of Topliss-reactive ketones (excluding diaryl/α,β-unsaturated/α-hetero) is 1. The summed E-state index contributed by atoms with van der Waals surface area (Å²) in [5, 5.41) is 10.8. The number of hydrogen-bond donors (Lipinski definition) is 0. The summed E-state index contributed by atoms with van der Waals surface area (Å²) in [5.74, 6) is 0.599. The van der Waals surface area contributed by atoms with E-state index in [1.54, 1.807) is 24.3 Å². The van der Waals surface area contributed by atoms with Gasteiger partial charge in [-0.05, 0) is 11.6 Å². The van der Waals surface area contributed by atoms with Crippen molar-refractivity contribution in [2.45, 2.75) is 19.4 Å². The Morgan fingerprint density at radius 1 is 1.19 bits per heavy atom. The molecule has 132 valence electrons. The molecule has 2 aromatic rings. The van der Waals surface area contributed by atoms with Crippen LogP contribution in [0.4, 0.5) is 11.4 Å². The third kappa shape index (κ3) is 2.46. The molecule has 1 amide bonds. The van der Waals surface area contributed by atoms with Crippen molar-refractivity contribution in [1.29, 1.82) is 0 Å². The lowest BCUT2D eigenvalue weighted by Crippen LogP contribution is -2.38. The maximum Gasteiger partial charge on any atom is 0.269 e. The molecule has 1 atom stereocenters. The van der Waals surface area contributed by atoms with Crippen LogP contribution in [-0.4, -0.2) is 23.4 Å². The molecule has 8 nitrogen and oxygen atoms in total. The lowest BCUT2D eigenvalue weighted by Gasteiger charge is -2.36. The summed E-state index contributed by atoms with van der Waals surface area (Å²) in [6, 6.07) is 8.58. The summed E-state index contributed by atoms with van der Waals surface area (Å²) >= 11 is 0. The number of carbonyl (C=O) groups is 2. The smallest absolute Gasteiger partial charge is 0.269 e. The summed E-state index contributed by atoms with van der Waals surface area (Å²) < 4.78 is 10.7. The van der Waals surface area contributed by atoms with Crippen LogP contribution in [0.2, 0.25) is 0 Å². The van der Waals surface area contributed by atoms with Gasteiger partial charge in [0.25, 0.3) is 5.69 Å². The normalized spacial score (nSPS) is 17.8. The van der Waals surface area contributed by atoms with Gasteiger partial charge in [0.05, 0.1) is 16.7 Å². The van der Waals surface area contributed by atoms with Crippen LogP contribution in [0.15, 0.2) is 36.4 Å². The highest BCUT2D eigenvalue weighted by molar-refractivity contribution is 6.09. The van der Waals surface area contributed by atoms with Gasteiger partial charge < -0.3 is 14.4 Å². The van der Waals surface area contributed by atoms with E-state index in [4.69, 9.17) is 9.47 Å². The molecule has 0 aromatic heterocycles. The van der Waals surface area contributed by atoms with Crippen LogP contribution in [0.25, 0.3) is 0 Å². The number of anilines is 1. The Balaban J connectivity index is 1.80. The maximum atomic E-state index is 12.7. The Morgan fingerprint density at radius 3 is 2.46 bits per heavy atom. The van der Waals surface area contributed by atoms with Crippen molar-refractivity contribution in [3.05, 3.63) is 57.6 Å². The SMILES string of the molecule is CC(=O)N1c2cc3c(cc2C(=O)C[C@H]1c1ccc([N+](=O)[O-])cc1)OCO3. The second kappa shape index (κ2) is 5.83. The first-order valence-electron chi connectivity index (χ1n) is 7.96. The van der Waals surface area contributed by atoms with Gasteiger partial charge in [-0.1, -0.05) is 12.1 Å². The van der Waals surface area contributed by atoms with Gasteiger partial charge in [-0.2, -0.15) is 0 Å². The van der Waals surface area contributed by atoms with Crippen LogP contribution in [0, 0.1) is 10.1 Å². The molecule has 0 radical (unpaired) electrons. The first-order valence-corrected chi connectivity index (χ1v) is 7.96. The van der Waals surface area contributed by atoms with Crippen LogP contribution >= 0.6 is 0 Å². The zero-order chi connectivity index (χ0) is 18.4. The Kier molecular flexibility index (Phi) is 3.61.